The summed E-state index contributed by atoms with van der Waals surface area (Å²) < 4.78 is 0. The van der Waals surface area contributed by atoms with Gasteiger partial charge in [0.2, 0.25) is 11.8 Å². The highest BCUT2D eigenvalue weighted by Crippen LogP contribution is 2.46. The molecule has 0 aromatic carbocycles. The molecule has 0 aliphatic heterocycles. The summed E-state index contributed by atoms with van der Waals surface area (Å²) in [5.41, 5.74) is -0.0526. The fraction of sp³-hybridized carbons (Fsp3) is 0.533. The molecule has 0 bridgehead atoms. The first-order chi connectivity index (χ1) is 9.54. The Bertz CT molecular complexity index is 481. The molecule has 0 radical (unpaired) electrons. The third-order valence-corrected chi connectivity index (χ3v) is 3.45. The van der Waals surface area contributed by atoms with Crippen molar-refractivity contribution in [3.8, 4) is 0 Å². The highest BCUT2D eigenvalue weighted by Gasteiger charge is 2.56. The lowest BCUT2D eigenvalue weighted by Gasteiger charge is -2.16. The molecule has 1 heterocycles. The molecule has 20 heavy (non-hydrogen) atoms. The first-order valence-corrected chi connectivity index (χ1v) is 7.01. The number of carbonyl (C=O) groups excluding carboxylic acids is 2. The van der Waals surface area contributed by atoms with E-state index in [1.165, 1.54) is 0 Å². The highest BCUT2D eigenvalue weighted by molar-refractivity contribution is 6.07. The number of nitrogens with zero attached hydrogens (tertiary/aromatic N) is 1. The van der Waals surface area contributed by atoms with Crippen LogP contribution in [0.5, 0.6) is 0 Å². The van der Waals surface area contributed by atoms with Gasteiger partial charge in [0.25, 0.3) is 0 Å². The van der Waals surface area contributed by atoms with Gasteiger partial charge in [0, 0.05) is 12.7 Å². The van der Waals surface area contributed by atoms with Gasteiger partial charge >= 0.3 is 0 Å². The summed E-state index contributed by atoms with van der Waals surface area (Å²) in [5, 5.41) is 5.66. The lowest BCUT2D eigenvalue weighted by Crippen LogP contribution is -2.43. The summed E-state index contributed by atoms with van der Waals surface area (Å²) in [6.45, 7) is 5.02. The summed E-state index contributed by atoms with van der Waals surface area (Å²) in [4.78, 5) is 28.4. The molecule has 0 spiro atoms. The Labute approximate surface area is 119 Å². The predicted octanol–water partition coefficient (Wildman–Crippen LogP) is 1.25. The van der Waals surface area contributed by atoms with Gasteiger partial charge in [-0.25, -0.2) is 0 Å². The minimum atomic E-state index is -0.844. The molecule has 1 fully saturated rings. The monoisotopic (exact) mass is 275 g/mol. The minimum Gasteiger partial charge on any atom is -0.355 e. The SMILES string of the molecule is CC(C)CNC(=O)C1(C(=O)NCc2ccccn2)CC1. The van der Waals surface area contributed by atoms with Crippen LogP contribution < -0.4 is 10.6 Å². The molecule has 1 aromatic rings. The van der Waals surface area contributed by atoms with Gasteiger partial charge in [-0.3, -0.25) is 14.6 Å². The van der Waals surface area contributed by atoms with Crippen LogP contribution in [0.2, 0.25) is 0 Å². The average Bonchev–Trinajstić information content (AvgIpc) is 3.25. The van der Waals surface area contributed by atoms with Crippen LogP contribution in [0.3, 0.4) is 0 Å². The minimum absolute atomic E-state index is 0.148. The van der Waals surface area contributed by atoms with Crippen LogP contribution in [0.15, 0.2) is 24.4 Å². The second-order valence-electron chi connectivity index (χ2n) is 5.69. The first-order valence-electron chi connectivity index (χ1n) is 7.01. The molecule has 0 unspecified atom stereocenters. The van der Waals surface area contributed by atoms with E-state index in [-0.39, 0.29) is 11.8 Å². The summed E-state index contributed by atoms with van der Waals surface area (Å²) in [5.74, 6) is 0.0421. The molecule has 1 saturated carbocycles. The molecule has 1 aliphatic carbocycles. The van der Waals surface area contributed by atoms with Crippen LogP contribution in [0.1, 0.15) is 32.4 Å². The number of nitrogens with one attached hydrogen (secondary N) is 2. The zero-order chi connectivity index (χ0) is 14.6. The molecular weight excluding hydrogens is 254 g/mol. The van der Waals surface area contributed by atoms with Crippen molar-refractivity contribution in [1.82, 2.24) is 15.6 Å². The zero-order valence-corrected chi connectivity index (χ0v) is 12.0. The maximum atomic E-state index is 12.2. The smallest absolute Gasteiger partial charge is 0.236 e. The predicted molar refractivity (Wildman–Crippen MR) is 75.6 cm³/mol. The van der Waals surface area contributed by atoms with Crippen LogP contribution in [0.25, 0.3) is 0 Å². The van der Waals surface area contributed by atoms with Gasteiger partial charge < -0.3 is 10.6 Å². The van der Waals surface area contributed by atoms with Gasteiger partial charge in [0.1, 0.15) is 5.41 Å². The number of amides is 2. The van der Waals surface area contributed by atoms with Gasteiger partial charge in [-0.1, -0.05) is 19.9 Å². The standard InChI is InChI=1S/C15H21N3O2/c1-11(2)9-17-13(19)15(6-7-15)14(20)18-10-12-5-3-4-8-16-12/h3-5,8,11H,6-7,9-10H2,1-2H3,(H,17,19)(H,18,20). The number of aromatic nitrogens is 1. The lowest BCUT2D eigenvalue weighted by molar-refractivity contribution is -0.137. The Balaban J connectivity index is 1.87. The molecule has 2 N–H and O–H groups in total. The van der Waals surface area contributed by atoms with Crippen molar-refractivity contribution in [2.75, 3.05) is 6.54 Å². The summed E-state index contributed by atoms with van der Waals surface area (Å²) in [6.07, 6.45) is 2.94. The fourth-order valence-electron chi connectivity index (χ4n) is 1.99. The van der Waals surface area contributed by atoms with E-state index in [1.54, 1.807) is 6.20 Å². The Morgan fingerprint density at radius 1 is 1.25 bits per heavy atom. The lowest BCUT2D eigenvalue weighted by atomic mass is 10.0. The van der Waals surface area contributed by atoms with Crippen LogP contribution in [0, 0.1) is 11.3 Å². The quantitative estimate of drug-likeness (QED) is 0.768. The Kier molecular flexibility index (Phi) is 4.37. The van der Waals surface area contributed by atoms with Gasteiger partial charge in [-0.05, 0) is 30.9 Å². The van der Waals surface area contributed by atoms with Crippen LogP contribution in [0.4, 0.5) is 0 Å². The maximum absolute atomic E-state index is 12.2. The zero-order valence-electron chi connectivity index (χ0n) is 12.0. The highest BCUT2D eigenvalue weighted by atomic mass is 16.2. The Morgan fingerprint density at radius 3 is 2.50 bits per heavy atom. The number of rotatable bonds is 6. The van der Waals surface area contributed by atoms with Gasteiger partial charge in [0.05, 0.1) is 12.2 Å². The molecule has 0 atom stereocenters. The third-order valence-electron chi connectivity index (χ3n) is 3.45. The Hall–Kier alpha value is -1.91. The van der Waals surface area contributed by atoms with E-state index in [0.717, 1.165) is 5.69 Å². The molecule has 0 saturated heterocycles. The van der Waals surface area contributed by atoms with E-state index >= 15 is 0 Å². The number of carbonyl (C=O) groups is 2. The summed E-state index contributed by atoms with van der Waals surface area (Å²) in [6, 6.07) is 5.54. The van der Waals surface area contributed by atoms with Gasteiger partial charge in [-0.15, -0.1) is 0 Å². The van der Waals surface area contributed by atoms with Crippen LogP contribution in [-0.2, 0) is 16.1 Å². The Morgan fingerprint density at radius 2 is 1.95 bits per heavy atom. The third kappa shape index (κ3) is 3.35. The largest absolute Gasteiger partial charge is 0.355 e. The van der Waals surface area contributed by atoms with Crippen molar-refractivity contribution in [2.24, 2.45) is 11.3 Å². The van der Waals surface area contributed by atoms with E-state index in [2.05, 4.69) is 15.6 Å². The molecule has 108 valence electrons. The normalized spacial score (nSPS) is 15.8. The van der Waals surface area contributed by atoms with Crippen molar-refractivity contribution >= 4 is 11.8 Å². The topological polar surface area (TPSA) is 71.1 Å². The van der Waals surface area contributed by atoms with E-state index in [1.807, 2.05) is 32.0 Å². The van der Waals surface area contributed by atoms with Gasteiger partial charge in [-0.2, -0.15) is 0 Å². The van der Waals surface area contributed by atoms with Crippen molar-refractivity contribution in [3.63, 3.8) is 0 Å². The molecule has 1 aliphatic rings. The second kappa shape index (κ2) is 6.03. The van der Waals surface area contributed by atoms with Crippen molar-refractivity contribution < 1.29 is 9.59 Å². The average molecular weight is 275 g/mol. The number of hydrogen-bond donors (Lipinski definition) is 2. The first kappa shape index (κ1) is 14.5. The van der Waals surface area contributed by atoms with Crippen LogP contribution in [-0.4, -0.2) is 23.3 Å². The van der Waals surface area contributed by atoms with Crippen molar-refractivity contribution in [1.29, 1.82) is 0 Å². The molecule has 2 rings (SSSR count). The summed E-state index contributed by atoms with van der Waals surface area (Å²) in [7, 11) is 0. The molecular formula is C15H21N3O2. The summed E-state index contributed by atoms with van der Waals surface area (Å²) >= 11 is 0. The van der Waals surface area contributed by atoms with Crippen molar-refractivity contribution in [3.05, 3.63) is 30.1 Å². The van der Waals surface area contributed by atoms with E-state index in [4.69, 9.17) is 0 Å². The number of hydrogen-bond acceptors (Lipinski definition) is 3. The van der Waals surface area contributed by atoms with Gasteiger partial charge in [0.15, 0.2) is 0 Å². The second-order valence-corrected chi connectivity index (χ2v) is 5.69. The number of pyridine rings is 1. The molecule has 5 heteroatoms. The molecule has 5 nitrogen and oxygen atoms in total. The van der Waals surface area contributed by atoms with E-state index in [0.29, 0.717) is 31.8 Å². The van der Waals surface area contributed by atoms with Crippen LogP contribution >= 0.6 is 0 Å². The fourth-order valence-corrected chi connectivity index (χ4v) is 1.99. The van der Waals surface area contributed by atoms with Crippen molar-refractivity contribution in [2.45, 2.75) is 33.2 Å². The maximum Gasteiger partial charge on any atom is 0.236 e. The molecule has 2 amide bonds. The van der Waals surface area contributed by atoms with E-state index < -0.39 is 5.41 Å². The van der Waals surface area contributed by atoms with E-state index in [9.17, 15) is 9.59 Å². The molecule has 1 aromatic heterocycles.